The van der Waals surface area contributed by atoms with Crippen molar-refractivity contribution in [1.29, 1.82) is 0 Å². The molecule has 0 saturated carbocycles. The summed E-state index contributed by atoms with van der Waals surface area (Å²) in [5.74, 6) is -0.287. The van der Waals surface area contributed by atoms with E-state index in [0.29, 0.717) is 17.9 Å². The van der Waals surface area contributed by atoms with Crippen molar-refractivity contribution in [2.45, 2.75) is 6.42 Å². The largest absolute Gasteiger partial charge is 0.397 e. The first-order valence-corrected chi connectivity index (χ1v) is 5.86. The van der Waals surface area contributed by atoms with Crippen LogP contribution in [0.5, 0.6) is 0 Å². The first kappa shape index (κ1) is 10.9. The van der Waals surface area contributed by atoms with E-state index >= 15 is 0 Å². The molecule has 1 heterocycles. The van der Waals surface area contributed by atoms with Crippen LogP contribution in [0.2, 0.25) is 0 Å². The van der Waals surface area contributed by atoms with Crippen molar-refractivity contribution in [1.82, 2.24) is 4.98 Å². The maximum Gasteiger partial charge on any atom is 0.125 e. The monoisotopic (exact) mass is 237 g/mol. The molecule has 1 aromatic heterocycles. The number of benzene rings is 1. The SMILES string of the molecule is Nc1ccc(F)cc1NCCc1cscn1. The molecule has 0 saturated heterocycles. The third-order valence-corrected chi connectivity index (χ3v) is 2.83. The third-order valence-electron chi connectivity index (χ3n) is 2.20. The van der Waals surface area contributed by atoms with Crippen molar-refractivity contribution in [3.05, 3.63) is 40.6 Å². The molecule has 0 bridgehead atoms. The molecule has 0 radical (unpaired) electrons. The molecule has 0 amide bonds. The van der Waals surface area contributed by atoms with Gasteiger partial charge in [0.25, 0.3) is 0 Å². The van der Waals surface area contributed by atoms with Gasteiger partial charge in [0.2, 0.25) is 0 Å². The number of thiazole rings is 1. The van der Waals surface area contributed by atoms with E-state index < -0.39 is 0 Å². The zero-order chi connectivity index (χ0) is 11.4. The maximum absolute atomic E-state index is 12.9. The lowest BCUT2D eigenvalue weighted by Crippen LogP contribution is -2.07. The van der Waals surface area contributed by atoms with Gasteiger partial charge in [0.05, 0.1) is 22.6 Å². The molecule has 0 aliphatic rings. The maximum atomic E-state index is 12.9. The predicted octanol–water partition coefficient (Wildman–Crippen LogP) is 2.52. The Morgan fingerprint density at radius 3 is 3.06 bits per heavy atom. The van der Waals surface area contributed by atoms with E-state index in [4.69, 9.17) is 5.73 Å². The molecule has 5 heteroatoms. The Balaban J connectivity index is 1.92. The second kappa shape index (κ2) is 4.94. The fourth-order valence-electron chi connectivity index (χ4n) is 1.37. The zero-order valence-electron chi connectivity index (χ0n) is 8.61. The Morgan fingerprint density at radius 1 is 1.44 bits per heavy atom. The van der Waals surface area contributed by atoms with Crippen LogP contribution in [0.4, 0.5) is 15.8 Å². The highest BCUT2D eigenvalue weighted by Gasteiger charge is 2.01. The molecule has 1 aromatic carbocycles. The zero-order valence-corrected chi connectivity index (χ0v) is 9.43. The van der Waals surface area contributed by atoms with E-state index in [-0.39, 0.29) is 5.82 Å². The lowest BCUT2D eigenvalue weighted by Gasteiger charge is -2.08. The minimum atomic E-state index is -0.287. The first-order chi connectivity index (χ1) is 7.75. The Hall–Kier alpha value is -1.62. The molecular formula is C11H12FN3S. The molecule has 3 N–H and O–H groups in total. The van der Waals surface area contributed by atoms with Crippen molar-refractivity contribution in [3.8, 4) is 0 Å². The average molecular weight is 237 g/mol. The van der Waals surface area contributed by atoms with Gasteiger partial charge < -0.3 is 11.1 Å². The summed E-state index contributed by atoms with van der Waals surface area (Å²) in [6, 6.07) is 4.30. The van der Waals surface area contributed by atoms with E-state index in [1.165, 1.54) is 12.1 Å². The quantitative estimate of drug-likeness (QED) is 0.803. The Bertz CT molecular complexity index is 456. The number of aromatic nitrogens is 1. The standard InChI is InChI=1S/C11H12FN3S/c12-8-1-2-10(13)11(5-8)14-4-3-9-6-16-7-15-9/h1-2,5-7,14H,3-4,13H2. The summed E-state index contributed by atoms with van der Waals surface area (Å²) in [4.78, 5) is 4.16. The Labute approximate surface area is 97.1 Å². The summed E-state index contributed by atoms with van der Waals surface area (Å²) in [6.45, 7) is 0.692. The molecule has 0 fully saturated rings. The van der Waals surface area contributed by atoms with E-state index in [0.717, 1.165) is 12.1 Å². The number of hydrogen-bond donors (Lipinski definition) is 2. The average Bonchev–Trinajstić information content (AvgIpc) is 2.76. The molecule has 2 aromatic rings. The van der Waals surface area contributed by atoms with Gasteiger partial charge in [-0.25, -0.2) is 9.37 Å². The van der Waals surface area contributed by atoms with Gasteiger partial charge in [0, 0.05) is 18.3 Å². The van der Waals surface area contributed by atoms with Gasteiger partial charge in [-0.2, -0.15) is 0 Å². The third kappa shape index (κ3) is 2.70. The second-order valence-corrected chi connectivity index (χ2v) is 4.11. The van der Waals surface area contributed by atoms with Crippen molar-refractivity contribution in [3.63, 3.8) is 0 Å². The lowest BCUT2D eigenvalue weighted by molar-refractivity contribution is 0.628. The molecule has 16 heavy (non-hydrogen) atoms. The van der Waals surface area contributed by atoms with Gasteiger partial charge in [-0.15, -0.1) is 11.3 Å². The van der Waals surface area contributed by atoms with Crippen molar-refractivity contribution in [2.75, 3.05) is 17.6 Å². The summed E-state index contributed by atoms with van der Waals surface area (Å²) in [5, 5.41) is 5.09. The van der Waals surface area contributed by atoms with Crippen LogP contribution in [0.3, 0.4) is 0 Å². The van der Waals surface area contributed by atoms with Crippen LogP contribution in [0.1, 0.15) is 5.69 Å². The Morgan fingerprint density at radius 2 is 2.31 bits per heavy atom. The van der Waals surface area contributed by atoms with Gasteiger partial charge in [0.15, 0.2) is 0 Å². The van der Waals surface area contributed by atoms with Crippen LogP contribution in [0.15, 0.2) is 29.1 Å². The molecule has 2 rings (SSSR count). The second-order valence-electron chi connectivity index (χ2n) is 3.39. The number of anilines is 2. The first-order valence-electron chi connectivity index (χ1n) is 4.91. The molecule has 3 nitrogen and oxygen atoms in total. The van der Waals surface area contributed by atoms with Crippen LogP contribution in [0, 0.1) is 5.82 Å². The van der Waals surface area contributed by atoms with E-state index in [1.807, 2.05) is 5.38 Å². The van der Waals surface area contributed by atoms with Gasteiger partial charge >= 0.3 is 0 Å². The highest BCUT2D eigenvalue weighted by molar-refractivity contribution is 7.07. The van der Waals surface area contributed by atoms with Gasteiger partial charge in [0.1, 0.15) is 5.82 Å². The summed E-state index contributed by atoms with van der Waals surface area (Å²) in [6.07, 6.45) is 0.805. The van der Waals surface area contributed by atoms with Crippen LogP contribution >= 0.6 is 11.3 Å². The molecule has 0 spiro atoms. The number of nitrogen functional groups attached to an aromatic ring is 1. The van der Waals surface area contributed by atoms with Crippen LogP contribution < -0.4 is 11.1 Å². The van der Waals surface area contributed by atoms with Crippen molar-refractivity contribution >= 4 is 22.7 Å². The normalized spacial score (nSPS) is 10.3. The van der Waals surface area contributed by atoms with Crippen LogP contribution in [-0.4, -0.2) is 11.5 Å². The molecular weight excluding hydrogens is 225 g/mol. The summed E-state index contributed by atoms with van der Waals surface area (Å²) < 4.78 is 12.9. The molecule has 0 atom stereocenters. The smallest absolute Gasteiger partial charge is 0.125 e. The van der Waals surface area contributed by atoms with Gasteiger partial charge in [-0.3, -0.25) is 0 Å². The predicted molar refractivity (Wildman–Crippen MR) is 65.1 cm³/mol. The fourth-order valence-corrected chi connectivity index (χ4v) is 1.96. The minimum absolute atomic E-state index is 0.287. The van der Waals surface area contributed by atoms with Gasteiger partial charge in [-0.1, -0.05) is 0 Å². The summed E-state index contributed by atoms with van der Waals surface area (Å²) >= 11 is 1.57. The number of nitrogens with two attached hydrogens (primary N) is 1. The lowest BCUT2D eigenvalue weighted by atomic mass is 10.2. The molecule has 0 aliphatic carbocycles. The van der Waals surface area contributed by atoms with Gasteiger partial charge in [-0.05, 0) is 18.2 Å². The Kier molecular flexibility index (Phi) is 3.36. The van der Waals surface area contributed by atoms with Crippen molar-refractivity contribution < 1.29 is 4.39 Å². The summed E-state index contributed by atoms with van der Waals surface area (Å²) in [7, 11) is 0. The number of nitrogens with one attached hydrogen (secondary N) is 1. The van der Waals surface area contributed by atoms with Crippen LogP contribution in [0.25, 0.3) is 0 Å². The number of hydrogen-bond acceptors (Lipinski definition) is 4. The summed E-state index contributed by atoms with van der Waals surface area (Å²) in [5.41, 5.74) is 9.73. The molecule has 84 valence electrons. The fraction of sp³-hybridized carbons (Fsp3) is 0.182. The number of nitrogens with zero attached hydrogens (tertiary/aromatic N) is 1. The van der Waals surface area contributed by atoms with E-state index in [9.17, 15) is 4.39 Å². The highest BCUT2D eigenvalue weighted by Crippen LogP contribution is 2.18. The van der Waals surface area contributed by atoms with Crippen molar-refractivity contribution in [2.24, 2.45) is 0 Å². The molecule has 0 aliphatic heterocycles. The van der Waals surface area contributed by atoms with E-state index in [1.54, 1.807) is 22.9 Å². The molecule has 0 unspecified atom stereocenters. The van der Waals surface area contributed by atoms with E-state index in [2.05, 4.69) is 10.3 Å². The van der Waals surface area contributed by atoms with Crippen LogP contribution in [-0.2, 0) is 6.42 Å². The number of rotatable bonds is 4. The highest BCUT2D eigenvalue weighted by atomic mass is 32.1. The topological polar surface area (TPSA) is 50.9 Å². The minimum Gasteiger partial charge on any atom is -0.397 e. The number of halogens is 1.